The number of carbonyl (C=O) groups excluding carboxylic acids is 2. The molecule has 0 aromatic rings. The second kappa shape index (κ2) is 32.9. The maximum Gasteiger partial charge on any atom is 0.308 e. The van der Waals surface area contributed by atoms with Gasteiger partial charge >= 0.3 is 11.9 Å². The average Bonchev–Trinajstić information content (AvgIpc) is 2.97. The zero-order chi connectivity index (χ0) is 30.8. The third-order valence-electron chi connectivity index (χ3n) is 6.64. The molecular formula is C38H62O4. The van der Waals surface area contributed by atoms with E-state index in [1.54, 1.807) is 6.92 Å². The van der Waals surface area contributed by atoms with E-state index in [-0.39, 0.29) is 11.9 Å². The minimum Gasteiger partial charge on any atom is -0.425 e. The number of allylic oxidation sites excluding steroid dienone is 12. The van der Waals surface area contributed by atoms with E-state index < -0.39 is 6.29 Å². The third kappa shape index (κ3) is 31.9. The minimum atomic E-state index is -0.833. The molecule has 0 radical (unpaired) electrons. The van der Waals surface area contributed by atoms with Gasteiger partial charge in [0, 0.05) is 19.8 Å². The standard InChI is InChI=1S/C38H62O4/c1-4-6-8-10-12-14-16-18-20-22-24-26-28-30-32-34-37(39)41-36(3)42-38(40)35-33-31-29-27-25-23-21-19-17-15-13-11-9-7-5-2/h12-15,18-21,24-27,36H,4-11,16-17,22-23,28-35H2,1-3H3/b14-12-,15-13-,20-18-,21-19-,26-24-,27-25-. The predicted octanol–water partition coefficient (Wildman–Crippen LogP) is 11.6. The lowest BCUT2D eigenvalue weighted by Crippen LogP contribution is -2.21. The predicted molar refractivity (Wildman–Crippen MR) is 180 cm³/mol. The number of carbonyl (C=O) groups is 2. The summed E-state index contributed by atoms with van der Waals surface area (Å²) in [7, 11) is 0. The second-order valence-corrected chi connectivity index (χ2v) is 10.8. The van der Waals surface area contributed by atoms with Crippen LogP contribution in [0, 0.1) is 0 Å². The van der Waals surface area contributed by atoms with Crippen LogP contribution in [0.5, 0.6) is 0 Å². The summed E-state index contributed by atoms with van der Waals surface area (Å²) in [4.78, 5) is 24.0. The Hall–Kier alpha value is -2.62. The highest BCUT2D eigenvalue weighted by atomic mass is 16.7. The summed E-state index contributed by atoms with van der Waals surface area (Å²) >= 11 is 0. The summed E-state index contributed by atoms with van der Waals surface area (Å²) in [6.07, 6.45) is 45.7. The highest BCUT2D eigenvalue weighted by Gasteiger charge is 2.13. The number of hydrogen-bond donors (Lipinski definition) is 0. The van der Waals surface area contributed by atoms with Crippen LogP contribution in [0.15, 0.2) is 72.9 Å². The van der Waals surface area contributed by atoms with Crippen molar-refractivity contribution in [2.24, 2.45) is 0 Å². The fourth-order valence-corrected chi connectivity index (χ4v) is 4.16. The van der Waals surface area contributed by atoms with Gasteiger partial charge in [0.25, 0.3) is 0 Å². The maximum atomic E-state index is 12.0. The summed E-state index contributed by atoms with van der Waals surface area (Å²) in [6, 6.07) is 0. The molecule has 0 N–H and O–H groups in total. The van der Waals surface area contributed by atoms with Gasteiger partial charge in [-0.25, -0.2) is 0 Å². The number of hydrogen-bond acceptors (Lipinski definition) is 4. The normalized spacial score (nSPS) is 12.5. The van der Waals surface area contributed by atoms with Crippen molar-refractivity contribution in [1.29, 1.82) is 0 Å². The fraction of sp³-hybridized carbons (Fsp3) is 0.632. The monoisotopic (exact) mass is 582 g/mol. The molecule has 0 rings (SSSR count). The number of rotatable bonds is 28. The van der Waals surface area contributed by atoms with E-state index in [1.807, 2.05) is 0 Å². The molecule has 0 fully saturated rings. The summed E-state index contributed by atoms with van der Waals surface area (Å²) in [6.45, 7) is 6.07. The summed E-state index contributed by atoms with van der Waals surface area (Å²) in [5.41, 5.74) is 0. The van der Waals surface area contributed by atoms with E-state index >= 15 is 0 Å². The lowest BCUT2D eigenvalue weighted by molar-refractivity contribution is -0.184. The van der Waals surface area contributed by atoms with Crippen molar-refractivity contribution in [2.45, 2.75) is 155 Å². The van der Waals surface area contributed by atoms with Crippen LogP contribution in [0.25, 0.3) is 0 Å². The van der Waals surface area contributed by atoms with Gasteiger partial charge in [-0.3, -0.25) is 9.59 Å². The van der Waals surface area contributed by atoms with E-state index in [9.17, 15) is 9.59 Å². The van der Waals surface area contributed by atoms with Crippen LogP contribution in [0.1, 0.15) is 149 Å². The SMILES string of the molecule is CCCCC/C=C\C/C=C\C/C=C\CCCCC(=O)OC(C)OC(=O)CCCC/C=C\C/C=C\C/C=C\CCCCC. The smallest absolute Gasteiger partial charge is 0.308 e. The van der Waals surface area contributed by atoms with E-state index in [2.05, 4.69) is 86.8 Å². The number of esters is 2. The molecule has 0 unspecified atom stereocenters. The summed E-state index contributed by atoms with van der Waals surface area (Å²) < 4.78 is 10.5. The first-order valence-corrected chi connectivity index (χ1v) is 16.9. The molecule has 0 heterocycles. The highest BCUT2D eigenvalue weighted by Crippen LogP contribution is 2.08. The molecule has 238 valence electrons. The Morgan fingerprint density at radius 3 is 1.05 bits per heavy atom. The van der Waals surface area contributed by atoms with Crippen LogP contribution in [-0.4, -0.2) is 18.2 Å². The molecule has 4 heteroatoms. The molecule has 0 aromatic heterocycles. The molecular weight excluding hydrogens is 520 g/mol. The zero-order valence-electron chi connectivity index (χ0n) is 27.3. The number of unbranched alkanes of at least 4 members (excludes halogenated alkanes) is 10. The molecule has 0 spiro atoms. The lowest BCUT2D eigenvalue weighted by Gasteiger charge is -2.14. The van der Waals surface area contributed by atoms with E-state index in [1.165, 1.54) is 51.4 Å². The van der Waals surface area contributed by atoms with Gasteiger partial charge in [-0.15, -0.1) is 0 Å². The first-order chi connectivity index (χ1) is 20.6. The van der Waals surface area contributed by atoms with Crippen molar-refractivity contribution in [3.05, 3.63) is 72.9 Å². The molecule has 0 aliphatic carbocycles. The van der Waals surface area contributed by atoms with Crippen molar-refractivity contribution < 1.29 is 19.1 Å². The first-order valence-electron chi connectivity index (χ1n) is 16.9. The van der Waals surface area contributed by atoms with Crippen molar-refractivity contribution in [2.75, 3.05) is 0 Å². The molecule has 0 amide bonds. The molecule has 0 saturated heterocycles. The molecule has 0 aliphatic rings. The molecule has 0 aliphatic heterocycles. The molecule has 0 atom stereocenters. The van der Waals surface area contributed by atoms with Gasteiger partial charge in [-0.2, -0.15) is 0 Å². The average molecular weight is 583 g/mol. The van der Waals surface area contributed by atoms with Crippen molar-refractivity contribution >= 4 is 11.9 Å². The van der Waals surface area contributed by atoms with Crippen LogP contribution in [0.3, 0.4) is 0 Å². The van der Waals surface area contributed by atoms with Gasteiger partial charge in [0.1, 0.15) is 0 Å². The van der Waals surface area contributed by atoms with Crippen LogP contribution >= 0.6 is 0 Å². The van der Waals surface area contributed by atoms with E-state index in [4.69, 9.17) is 9.47 Å². The van der Waals surface area contributed by atoms with Crippen molar-refractivity contribution in [3.63, 3.8) is 0 Å². The van der Waals surface area contributed by atoms with Crippen molar-refractivity contribution in [1.82, 2.24) is 0 Å². The Bertz CT molecular complexity index is 734. The third-order valence-corrected chi connectivity index (χ3v) is 6.64. The minimum absolute atomic E-state index is 0.313. The molecule has 0 bridgehead atoms. The van der Waals surface area contributed by atoms with Gasteiger partial charge in [0.15, 0.2) is 0 Å². The van der Waals surface area contributed by atoms with Crippen LogP contribution in [0.2, 0.25) is 0 Å². The van der Waals surface area contributed by atoms with Crippen molar-refractivity contribution in [3.8, 4) is 0 Å². The Kier molecular flexibility index (Phi) is 30.8. The Morgan fingerprint density at radius 2 is 0.738 bits per heavy atom. The van der Waals surface area contributed by atoms with E-state index in [0.717, 1.165) is 64.2 Å². The molecule has 0 aromatic carbocycles. The highest BCUT2D eigenvalue weighted by molar-refractivity contribution is 5.71. The topological polar surface area (TPSA) is 52.6 Å². The Balaban J connectivity index is 3.66. The fourth-order valence-electron chi connectivity index (χ4n) is 4.16. The Morgan fingerprint density at radius 1 is 0.452 bits per heavy atom. The van der Waals surface area contributed by atoms with Crippen LogP contribution in [-0.2, 0) is 19.1 Å². The van der Waals surface area contributed by atoms with Crippen LogP contribution in [0.4, 0.5) is 0 Å². The molecule has 0 saturated carbocycles. The first kappa shape index (κ1) is 39.4. The lowest BCUT2D eigenvalue weighted by atomic mass is 10.1. The summed E-state index contributed by atoms with van der Waals surface area (Å²) in [5.74, 6) is -0.626. The van der Waals surface area contributed by atoms with Gasteiger partial charge < -0.3 is 9.47 Å². The second-order valence-electron chi connectivity index (χ2n) is 10.8. The largest absolute Gasteiger partial charge is 0.425 e. The molecule has 4 nitrogen and oxygen atoms in total. The molecule has 42 heavy (non-hydrogen) atoms. The quantitative estimate of drug-likeness (QED) is 0.0398. The maximum absolute atomic E-state index is 12.0. The Labute approximate surface area is 259 Å². The van der Waals surface area contributed by atoms with Gasteiger partial charge in [-0.05, 0) is 89.9 Å². The van der Waals surface area contributed by atoms with E-state index in [0.29, 0.717) is 12.8 Å². The van der Waals surface area contributed by atoms with Crippen LogP contribution < -0.4 is 0 Å². The zero-order valence-corrected chi connectivity index (χ0v) is 27.3. The summed E-state index contributed by atoms with van der Waals surface area (Å²) in [5, 5.41) is 0. The number of ether oxygens (including phenoxy) is 2. The van der Waals surface area contributed by atoms with Gasteiger partial charge in [0.05, 0.1) is 0 Å². The van der Waals surface area contributed by atoms with Gasteiger partial charge in [0.2, 0.25) is 6.29 Å². The van der Waals surface area contributed by atoms with Gasteiger partial charge in [-0.1, -0.05) is 112 Å².